The Morgan fingerprint density at radius 1 is 0.582 bits per heavy atom. The average molecular weight is 766 g/mol. The Hall–Kier alpha value is -3.41. The van der Waals surface area contributed by atoms with Gasteiger partial charge in [0.1, 0.15) is 17.2 Å². The molecule has 2 aliphatic carbocycles. The molecule has 0 heterocycles. The lowest BCUT2D eigenvalue weighted by Gasteiger charge is -2.32. The first-order chi connectivity index (χ1) is 27.0. The Bertz CT molecular complexity index is 1590. The Kier molecular flexibility index (Phi) is 17.8. The maximum atomic E-state index is 5.46. The molecule has 0 unspecified atom stereocenters. The van der Waals surface area contributed by atoms with E-state index >= 15 is 0 Å². The Labute approximate surface area is 337 Å². The second-order valence-electron chi connectivity index (χ2n) is 15.6. The van der Waals surface area contributed by atoms with Crippen LogP contribution >= 0.6 is 0 Å². The smallest absolute Gasteiger partial charge is 0.170 e. The number of benzene rings is 4. The van der Waals surface area contributed by atoms with Gasteiger partial charge in [0.05, 0.1) is 32.2 Å². The monoisotopic (exact) mass is 765 g/mol. The molecule has 2 aliphatic rings. The van der Waals surface area contributed by atoms with E-state index in [0.717, 1.165) is 48.0 Å². The highest BCUT2D eigenvalue weighted by Crippen LogP contribution is 2.43. The van der Waals surface area contributed by atoms with Gasteiger partial charge in [0, 0.05) is 31.9 Å². The minimum Gasteiger partial charge on any atom is -0.497 e. The molecule has 0 aliphatic heterocycles. The first-order valence-electron chi connectivity index (χ1n) is 21.3. The van der Waals surface area contributed by atoms with Crippen LogP contribution in [-0.2, 0) is 22.1 Å². The number of hydrogen-bond donors (Lipinski definition) is 0. The summed E-state index contributed by atoms with van der Waals surface area (Å²) in [5.41, 5.74) is 6.96. The molecule has 5 heteroatoms. The Balaban J connectivity index is 0.000000214. The zero-order chi connectivity index (χ0) is 38.8. The second-order valence-corrected chi connectivity index (χ2v) is 17.6. The maximum Gasteiger partial charge on any atom is 0.170 e. The van der Waals surface area contributed by atoms with Crippen molar-refractivity contribution in [3.63, 3.8) is 0 Å². The van der Waals surface area contributed by atoms with Crippen molar-refractivity contribution >= 4 is 10.9 Å². The number of ether oxygens (including phenoxy) is 4. The van der Waals surface area contributed by atoms with Crippen molar-refractivity contribution in [1.82, 2.24) is 0 Å². The summed E-state index contributed by atoms with van der Waals surface area (Å²) in [4.78, 5) is 3.54. The topological polar surface area (TPSA) is 36.9 Å². The molecule has 2 saturated carbocycles. The zero-order valence-electron chi connectivity index (χ0n) is 34.9. The van der Waals surface area contributed by atoms with Gasteiger partial charge in [-0.2, -0.15) is 0 Å². The SMILES string of the molecule is CCCC(CCC)c1cc(C2CCCCC2)cc(C2CCCCC2)c1CCCOC.COc1cccc([S+](c2cccc(OC)c2)c2cccc(OC)c2)c1. The van der Waals surface area contributed by atoms with E-state index < -0.39 is 0 Å². The fourth-order valence-electron chi connectivity index (χ4n) is 8.98. The van der Waals surface area contributed by atoms with Gasteiger partial charge in [-0.1, -0.05) is 95.5 Å². The van der Waals surface area contributed by atoms with E-state index in [1.54, 1.807) is 43.6 Å². The minimum atomic E-state index is -0.290. The van der Waals surface area contributed by atoms with Crippen molar-refractivity contribution in [2.45, 2.75) is 149 Å². The van der Waals surface area contributed by atoms with Crippen LogP contribution in [0.15, 0.2) is 99.6 Å². The minimum absolute atomic E-state index is 0.290. The predicted octanol–water partition coefficient (Wildman–Crippen LogP) is 13.9. The molecule has 4 aromatic carbocycles. The maximum absolute atomic E-state index is 5.46. The van der Waals surface area contributed by atoms with Gasteiger partial charge >= 0.3 is 0 Å². The normalized spacial score (nSPS) is 15.1. The standard InChI is InChI=1S/C29H48O.C21H21O3S/c1-4-13-24(14-5-2)28-21-26(23-15-8-6-9-16-23)22-29(25-17-10-7-11-18-25)27(28)19-12-20-30-3;1-22-16-7-4-10-19(13-16)25(20-11-5-8-17(14-20)23-2)21-12-6-9-18(15-21)24-3/h21-25H,4-20H2,1-3H3;4-15H,1-3H3/q;+1. The van der Waals surface area contributed by atoms with Gasteiger partial charge in [-0.05, 0) is 128 Å². The van der Waals surface area contributed by atoms with E-state index in [4.69, 9.17) is 18.9 Å². The van der Waals surface area contributed by atoms with E-state index in [9.17, 15) is 0 Å². The third-order valence-corrected chi connectivity index (χ3v) is 14.0. The van der Waals surface area contributed by atoms with Crippen LogP contribution in [0.25, 0.3) is 0 Å². The van der Waals surface area contributed by atoms with E-state index in [2.05, 4.69) is 62.4 Å². The van der Waals surface area contributed by atoms with Crippen LogP contribution in [0.3, 0.4) is 0 Å². The summed E-state index contributed by atoms with van der Waals surface area (Å²) < 4.78 is 21.7. The van der Waals surface area contributed by atoms with Crippen LogP contribution in [0.5, 0.6) is 17.2 Å². The summed E-state index contributed by atoms with van der Waals surface area (Å²) in [6, 6.07) is 30.0. The van der Waals surface area contributed by atoms with Crippen LogP contribution in [0.2, 0.25) is 0 Å². The van der Waals surface area contributed by atoms with Crippen LogP contribution in [0.1, 0.15) is 150 Å². The summed E-state index contributed by atoms with van der Waals surface area (Å²) in [6.07, 6.45) is 21.9. The van der Waals surface area contributed by atoms with Crippen molar-refractivity contribution in [3.8, 4) is 17.2 Å². The molecule has 298 valence electrons. The van der Waals surface area contributed by atoms with Gasteiger partial charge in [0.2, 0.25) is 0 Å². The third kappa shape index (κ3) is 12.0. The average Bonchev–Trinajstić information content (AvgIpc) is 3.25. The molecule has 4 aromatic rings. The molecule has 2 fully saturated rings. The lowest BCUT2D eigenvalue weighted by molar-refractivity contribution is 0.195. The summed E-state index contributed by atoms with van der Waals surface area (Å²) in [6.45, 7) is 5.64. The quantitative estimate of drug-likeness (QED) is 0.0792. The first-order valence-corrected chi connectivity index (χ1v) is 22.6. The Morgan fingerprint density at radius 3 is 1.49 bits per heavy atom. The van der Waals surface area contributed by atoms with Gasteiger partial charge in [-0.3, -0.25) is 0 Å². The van der Waals surface area contributed by atoms with Gasteiger partial charge in [0.15, 0.2) is 14.7 Å². The highest BCUT2D eigenvalue weighted by Gasteiger charge is 2.30. The molecule has 0 N–H and O–H groups in total. The fourth-order valence-corrected chi connectivity index (χ4v) is 11.1. The van der Waals surface area contributed by atoms with Crippen LogP contribution in [0.4, 0.5) is 0 Å². The summed E-state index contributed by atoms with van der Waals surface area (Å²) in [7, 11) is 6.63. The number of methoxy groups -OCH3 is 4. The largest absolute Gasteiger partial charge is 0.497 e. The first kappa shape index (κ1) is 42.7. The molecule has 0 saturated heterocycles. The summed E-state index contributed by atoms with van der Waals surface area (Å²) in [5, 5.41) is 0. The van der Waals surface area contributed by atoms with E-state index in [1.807, 2.05) is 43.5 Å². The van der Waals surface area contributed by atoms with Crippen molar-refractivity contribution in [2.24, 2.45) is 0 Å². The lowest BCUT2D eigenvalue weighted by atomic mass is 9.74. The van der Waals surface area contributed by atoms with Gasteiger partial charge in [-0.25, -0.2) is 0 Å². The zero-order valence-corrected chi connectivity index (χ0v) is 35.7. The molecule has 0 spiro atoms. The van der Waals surface area contributed by atoms with E-state index in [1.165, 1.54) is 111 Å². The highest BCUT2D eigenvalue weighted by atomic mass is 32.2. The summed E-state index contributed by atoms with van der Waals surface area (Å²) >= 11 is 0. The summed E-state index contributed by atoms with van der Waals surface area (Å²) in [5.74, 6) is 4.92. The van der Waals surface area contributed by atoms with Gasteiger partial charge in [-0.15, -0.1) is 0 Å². The van der Waals surface area contributed by atoms with Crippen molar-refractivity contribution in [2.75, 3.05) is 35.0 Å². The third-order valence-electron chi connectivity index (χ3n) is 11.8. The molecule has 55 heavy (non-hydrogen) atoms. The van der Waals surface area contributed by atoms with Crippen molar-refractivity contribution < 1.29 is 18.9 Å². The van der Waals surface area contributed by atoms with Crippen LogP contribution < -0.4 is 14.2 Å². The number of hydrogen-bond acceptors (Lipinski definition) is 4. The predicted molar refractivity (Wildman–Crippen MR) is 232 cm³/mol. The highest BCUT2D eigenvalue weighted by molar-refractivity contribution is 7.97. The molecular formula is C50H69O4S+. The molecule has 6 rings (SSSR count). The second kappa shape index (κ2) is 23.0. The van der Waals surface area contributed by atoms with Crippen LogP contribution in [0, 0.1) is 0 Å². The van der Waals surface area contributed by atoms with Gasteiger partial charge in [0.25, 0.3) is 0 Å². The molecule has 0 bridgehead atoms. The van der Waals surface area contributed by atoms with E-state index in [0.29, 0.717) is 0 Å². The van der Waals surface area contributed by atoms with Crippen molar-refractivity contribution in [3.05, 3.63) is 107 Å². The van der Waals surface area contributed by atoms with Crippen molar-refractivity contribution in [1.29, 1.82) is 0 Å². The van der Waals surface area contributed by atoms with E-state index in [-0.39, 0.29) is 10.9 Å². The molecule has 0 amide bonds. The number of rotatable bonds is 17. The molecule has 0 radical (unpaired) electrons. The van der Waals surface area contributed by atoms with Gasteiger partial charge < -0.3 is 18.9 Å². The Morgan fingerprint density at radius 2 is 1.05 bits per heavy atom. The lowest BCUT2D eigenvalue weighted by Crippen LogP contribution is -2.15. The molecule has 4 nitrogen and oxygen atoms in total. The molecule has 0 atom stereocenters. The molecular weight excluding hydrogens is 697 g/mol. The van der Waals surface area contributed by atoms with Crippen LogP contribution in [-0.4, -0.2) is 35.0 Å². The molecule has 0 aromatic heterocycles. The fraction of sp³-hybridized carbons (Fsp3) is 0.520.